The lowest BCUT2D eigenvalue weighted by molar-refractivity contribution is 1.59. The van der Waals surface area contributed by atoms with Crippen LogP contribution < -0.4 is 0 Å². The lowest BCUT2D eigenvalue weighted by atomic mass is 11.2. The smallest absolute Gasteiger partial charge is 0.184 e. The Labute approximate surface area is 45.9 Å². The van der Waals surface area contributed by atoms with E-state index in [-0.39, 0.29) is 0 Å². The minimum atomic E-state index is -1.21. The molecule has 0 unspecified atom stereocenters. The van der Waals surface area contributed by atoms with Crippen molar-refractivity contribution in [3.63, 3.8) is 0 Å². The molecule has 0 radical (unpaired) electrons. The monoisotopic (exact) mass is 113 g/mol. The zero-order valence-electron chi connectivity index (χ0n) is 5.15. The molecule has 0 aliphatic heterocycles. The molecule has 0 amide bonds. The van der Waals surface area contributed by atoms with E-state index in [4.69, 9.17) is 0 Å². The van der Waals surface area contributed by atoms with E-state index in [1.807, 2.05) is 0 Å². The molecule has 0 N–H and O–H groups in total. The van der Waals surface area contributed by atoms with E-state index < -0.39 is 8.24 Å². The summed E-state index contributed by atoms with van der Waals surface area (Å²) in [6.07, 6.45) is 0. The van der Waals surface area contributed by atoms with E-state index in [1.54, 1.807) is 0 Å². The third kappa shape index (κ3) is 5.67. The largest absolute Gasteiger partial charge is 0.284 e. The summed E-state index contributed by atoms with van der Waals surface area (Å²) < 4.78 is 4.03. The fraction of sp³-hybridized carbons (Fsp3) is 0.600. The van der Waals surface area contributed by atoms with Crippen molar-refractivity contribution in [3.8, 4) is 0 Å². The normalized spacial score (nSPS) is 10.1. The van der Waals surface area contributed by atoms with Crippen LogP contribution in [0.25, 0.3) is 0 Å². The molecular weight excluding hydrogens is 102 g/mol. The summed E-state index contributed by atoms with van der Waals surface area (Å²) in [5.74, 6) is 2.54. The van der Waals surface area contributed by atoms with Gasteiger partial charge in [0.1, 0.15) is 0 Å². The summed E-state index contributed by atoms with van der Waals surface area (Å²) in [4.78, 5) is 0. The second kappa shape index (κ2) is 2.10. The van der Waals surface area contributed by atoms with Crippen LogP contribution in [-0.2, 0) is 0 Å². The first-order valence-electron chi connectivity index (χ1n) is 2.30. The van der Waals surface area contributed by atoms with Crippen LogP contribution in [0.4, 0.5) is 0 Å². The van der Waals surface area contributed by atoms with Gasteiger partial charge in [-0.1, -0.05) is 0 Å². The fourth-order valence-corrected chi connectivity index (χ4v) is 0.712. The van der Waals surface area contributed by atoms with Crippen molar-refractivity contribution in [3.05, 3.63) is 6.58 Å². The quantitative estimate of drug-likeness (QED) is 0.362. The molecule has 2 heteroatoms. The van der Waals surface area contributed by atoms with Crippen LogP contribution in [-0.4, -0.2) is 14.1 Å². The lowest BCUT2D eigenvalue weighted by Gasteiger charge is -2.02. The van der Waals surface area contributed by atoms with E-state index in [0.717, 1.165) is 0 Å². The van der Waals surface area contributed by atoms with Crippen LogP contribution in [0.3, 0.4) is 0 Å². The van der Waals surface area contributed by atoms with Gasteiger partial charge < -0.3 is 0 Å². The highest BCUT2D eigenvalue weighted by atomic mass is 28.3. The topological polar surface area (TPSA) is 12.4 Å². The first-order valence-corrected chi connectivity index (χ1v) is 5.75. The Balaban J connectivity index is 3.80. The fourth-order valence-electron chi connectivity index (χ4n) is 0.237. The predicted molar refractivity (Wildman–Crippen MR) is 36.4 cm³/mol. The highest BCUT2D eigenvalue weighted by Gasteiger charge is 2.08. The third-order valence-electron chi connectivity index (χ3n) is 0.414. The zero-order chi connectivity index (χ0) is 5.91. The first kappa shape index (κ1) is 6.67. The highest BCUT2D eigenvalue weighted by Crippen LogP contribution is 1.98. The van der Waals surface area contributed by atoms with Gasteiger partial charge in [-0.05, 0) is 32.1 Å². The van der Waals surface area contributed by atoms with Crippen LogP contribution in [0, 0.1) is 0 Å². The molecule has 0 aliphatic rings. The number of hydrogen-bond acceptors (Lipinski definition) is 1. The van der Waals surface area contributed by atoms with Crippen LogP contribution in [0.2, 0.25) is 19.6 Å². The van der Waals surface area contributed by atoms with E-state index in [0.29, 0.717) is 0 Å². The molecule has 0 aliphatic carbocycles. The highest BCUT2D eigenvalue weighted by molar-refractivity contribution is 6.75. The maximum atomic E-state index is 4.03. The summed E-state index contributed by atoms with van der Waals surface area (Å²) in [6, 6.07) is 0. The minimum absolute atomic E-state index is 1.21. The average Bonchev–Trinajstić information content (AvgIpc) is 1.30. The Hall–Kier alpha value is -0.333. The summed E-state index contributed by atoms with van der Waals surface area (Å²) in [5, 5.41) is 0. The Morgan fingerprint density at radius 3 is 1.86 bits per heavy atom. The molecule has 0 aromatic carbocycles. The second-order valence-electron chi connectivity index (χ2n) is 2.44. The van der Waals surface area contributed by atoms with Gasteiger partial charge in [0, 0.05) is 0 Å². The molecule has 0 rings (SSSR count). The maximum Gasteiger partial charge on any atom is 0.184 e. The van der Waals surface area contributed by atoms with Crippen molar-refractivity contribution in [2.75, 3.05) is 0 Å². The lowest BCUT2D eigenvalue weighted by Crippen LogP contribution is -2.14. The molecule has 0 saturated carbocycles. The van der Waals surface area contributed by atoms with Crippen LogP contribution in [0.5, 0.6) is 0 Å². The number of rotatable bonds is 1. The summed E-state index contributed by atoms with van der Waals surface area (Å²) >= 11 is 0. The van der Waals surface area contributed by atoms with Gasteiger partial charge in [-0.15, -0.1) is 0 Å². The Bertz CT molecular complexity index is 95.1. The van der Waals surface area contributed by atoms with E-state index in [9.17, 15) is 0 Å². The number of nitrogens with zero attached hydrogens (tertiary/aromatic N) is 1. The standard InChI is InChI=1S/C5H11NSi/c1-5-6-7(2,3)4/h1H2,2-4H3. The minimum Gasteiger partial charge on any atom is -0.284 e. The van der Waals surface area contributed by atoms with Gasteiger partial charge in [0.25, 0.3) is 0 Å². The molecule has 0 fully saturated rings. The van der Waals surface area contributed by atoms with Gasteiger partial charge in [-0.2, -0.15) is 0 Å². The molecule has 0 aromatic rings. The molecule has 0 spiro atoms. The molecule has 1 nitrogen and oxygen atoms in total. The van der Waals surface area contributed by atoms with Gasteiger partial charge in [-0.25, -0.2) is 0 Å². The first-order chi connectivity index (χ1) is 3.06. The Kier molecular flexibility index (Phi) is 2.00. The van der Waals surface area contributed by atoms with Crippen LogP contribution >= 0.6 is 0 Å². The van der Waals surface area contributed by atoms with E-state index >= 15 is 0 Å². The molecule has 0 heterocycles. The van der Waals surface area contributed by atoms with E-state index in [2.05, 4.69) is 36.7 Å². The second-order valence-corrected chi connectivity index (χ2v) is 7.01. The van der Waals surface area contributed by atoms with Crippen molar-refractivity contribution in [1.29, 1.82) is 0 Å². The molecule has 7 heavy (non-hydrogen) atoms. The van der Waals surface area contributed by atoms with Crippen LogP contribution in [0.1, 0.15) is 0 Å². The van der Waals surface area contributed by atoms with Gasteiger partial charge in [0.2, 0.25) is 0 Å². The summed E-state index contributed by atoms with van der Waals surface area (Å²) in [5.41, 5.74) is 0. The van der Waals surface area contributed by atoms with Crippen LogP contribution in [0.15, 0.2) is 11.2 Å². The Morgan fingerprint density at radius 2 is 1.86 bits per heavy atom. The maximum absolute atomic E-state index is 4.03. The van der Waals surface area contributed by atoms with Gasteiger partial charge >= 0.3 is 0 Å². The molecular formula is C5H11NSi. The molecule has 0 bridgehead atoms. The predicted octanol–water partition coefficient (Wildman–Crippen LogP) is 1.68. The zero-order valence-corrected chi connectivity index (χ0v) is 6.15. The summed E-state index contributed by atoms with van der Waals surface area (Å²) in [7, 11) is -1.21. The van der Waals surface area contributed by atoms with Gasteiger partial charge in [0.15, 0.2) is 8.24 Å². The van der Waals surface area contributed by atoms with Crippen molar-refractivity contribution in [2.45, 2.75) is 19.6 Å². The molecule has 0 aromatic heterocycles. The average molecular weight is 113 g/mol. The SMILES string of the molecule is C=C=N[Si](C)(C)C. The van der Waals surface area contributed by atoms with Crippen molar-refractivity contribution < 1.29 is 0 Å². The molecule has 0 saturated heterocycles. The molecule has 0 atom stereocenters. The van der Waals surface area contributed by atoms with Gasteiger partial charge in [0.05, 0.1) is 0 Å². The third-order valence-corrected chi connectivity index (χ3v) is 1.24. The summed E-state index contributed by atoms with van der Waals surface area (Å²) in [6.45, 7) is 9.82. The van der Waals surface area contributed by atoms with Crippen molar-refractivity contribution in [1.82, 2.24) is 0 Å². The molecule has 40 valence electrons. The van der Waals surface area contributed by atoms with Crippen molar-refractivity contribution >= 4 is 14.1 Å². The Morgan fingerprint density at radius 1 is 1.43 bits per heavy atom. The van der Waals surface area contributed by atoms with Crippen molar-refractivity contribution in [2.24, 2.45) is 4.66 Å². The number of hydrogen-bond donors (Lipinski definition) is 0. The van der Waals surface area contributed by atoms with Gasteiger partial charge in [-0.3, -0.25) is 4.66 Å². The van der Waals surface area contributed by atoms with E-state index in [1.165, 1.54) is 0 Å².